The van der Waals surface area contributed by atoms with Crippen LogP contribution in [0.5, 0.6) is 0 Å². The van der Waals surface area contributed by atoms with Gasteiger partial charge in [-0.2, -0.15) is 0 Å². The van der Waals surface area contributed by atoms with Crippen molar-refractivity contribution in [2.24, 2.45) is 0 Å². The number of nitrogens with zero attached hydrogens (tertiary/aromatic N) is 2. The first-order chi connectivity index (χ1) is 9.97. The lowest BCUT2D eigenvalue weighted by atomic mass is 10.1. The van der Waals surface area contributed by atoms with Gasteiger partial charge in [0.25, 0.3) is 5.91 Å². The number of carboxylic acid groups (broad SMARTS) is 1. The zero-order chi connectivity index (χ0) is 15.4. The highest BCUT2D eigenvalue weighted by Gasteiger charge is 2.21. The minimum Gasteiger partial charge on any atom is -0.480 e. The van der Waals surface area contributed by atoms with Crippen LogP contribution in [0.4, 0.5) is 4.39 Å². The normalized spacial score (nSPS) is 16.6. The quantitative estimate of drug-likeness (QED) is 0.914. The molecule has 1 aromatic carbocycles. The summed E-state index contributed by atoms with van der Waals surface area (Å²) in [5.41, 5.74) is 0.920. The zero-order valence-corrected chi connectivity index (χ0v) is 12.0. The first-order valence-electron chi connectivity index (χ1n) is 6.97. The number of aryl methyl sites for hydroxylation is 1. The van der Waals surface area contributed by atoms with Gasteiger partial charge in [0.2, 0.25) is 0 Å². The summed E-state index contributed by atoms with van der Waals surface area (Å²) in [6.07, 6.45) is 0.735. The first kappa shape index (κ1) is 15.4. The Balaban J connectivity index is 2.02. The predicted molar refractivity (Wildman–Crippen MR) is 75.7 cm³/mol. The summed E-state index contributed by atoms with van der Waals surface area (Å²) in [6, 6.07) is 4.35. The highest BCUT2D eigenvalue weighted by atomic mass is 19.1. The number of carboxylic acids is 1. The molecule has 1 aromatic rings. The fourth-order valence-electron chi connectivity index (χ4n) is 2.48. The molecule has 0 spiro atoms. The molecule has 0 aromatic heterocycles. The van der Waals surface area contributed by atoms with Crippen molar-refractivity contribution in [3.8, 4) is 0 Å². The van der Waals surface area contributed by atoms with Gasteiger partial charge >= 0.3 is 5.97 Å². The van der Waals surface area contributed by atoms with Crippen LogP contribution in [0.1, 0.15) is 22.3 Å². The Hall–Kier alpha value is -1.95. The van der Waals surface area contributed by atoms with E-state index in [0.29, 0.717) is 37.3 Å². The van der Waals surface area contributed by atoms with E-state index < -0.39 is 5.97 Å². The number of hydrogen-bond donors (Lipinski definition) is 1. The van der Waals surface area contributed by atoms with Crippen LogP contribution in [0.2, 0.25) is 0 Å². The van der Waals surface area contributed by atoms with Crippen molar-refractivity contribution in [3.05, 3.63) is 35.1 Å². The van der Waals surface area contributed by atoms with Crippen LogP contribution in [0.25, 0.3) is 0 Å². The van der Waals surface area contributed by atoms with Crippen molar-refractivity contribution < 1.29 is 19.1 Å². The van der Waals surface area contributed by atoms with Crippen LogP contribution >= 0.6 is 0 Å². The zero-order valence-electron chi connectivity index (χ0n) is 12.0. The molecule has 0 radical (unpaired) electrons. The molecule has 1 saturated heterocycles. The van der Waals surface area contributed by atoms with Crippen molar-refractivity contribution in [3.63, 3.8) is 0 Å². The van der Waals surface area contributed by atoms with E-state index >= 15 is 0 Å². The summed E-state index contributed by atoms with van der Waals surface area (Å²) < 4.78 is 13.3. The Morgan fingerprint density at radius 2 is 2.00 bits per heavy atom. The highest BCUT2D eigenvalue weighted by molar-refractivity contribution is 5.94. The summed E-state index contributed by atoms with van der Waals surface area (Å²) in [5, 5.41) is 8.81. The van der Waals surface area contributed by atoms with Crippen LogP contribution in [0, 0.1) is 12.7 Å². The molecule has 1 aliphatic rings. The van der Waals surface area contributed by atoms with Crippen LogP contribution in [-0.4, -0.2) is 59.5 Å². The molecule has 21 heavy (non-hydrogen) atoms. The Morgan fingerprint density at radius 3 is 2.67 bits per heavy atom. The van der Waals surface area contributed by atoms with Gasteiger partial charge in [-0.25, -0.2) is 4.39 Å². The van der Waals surface area contributed by atoms with Crippen molar-refractivity contribution in [1.29, 1.82) is 0 Å². The van der Waals surface area contributed by atoms with Gasteiger partial charge in [0.1, 0.15) is 5.82 Å². The van der Waals surface area contributed by atoms with Crippen LogP contribution in [-0.2, 0) is 4.79 Å². The van der Waals surface area contributed by atoms with Crippen molar-refractivity contribution in [2.45, 2.75) is 13.3 Å². The maximum Gasteiger partial charge on any atom is 0.317 e. The summed E-state index contributed by atoms with van der Waals surface area (Å²) in [5.74, 6) is -1.31. The molecule has 0 atom stereocenters. The molecule has 114 valence electrons. The fourth-order valence-corrected chi connectivity index (χ4v) is 2.48. The number of carbonyl (C=O) groups excluding carboxylic acids is 1. The minimum absolute atomic E-state index is 0.00229. The lowest BCUT2D eigenvalue weighted by Gasteiger charge is -2.21. The average Bonchev–Trinajstić information content (AvgIpc) is 2.66. The van der Waals surface area contributed by atoms with Crippen LogP contribution < -0.4 is 0 Å². The monoisotopic (exact) mass is 294 g/mol. The predicted octanol–water partition coefficient (Wildman–Crippen LogP) is 1.37. The van der Waals surface area contributed by atoms with Gasteiger partial charge in [0.05, 0.1) is 6.54 Å². The van der Waals surface area contributed by atoms with Crippen LogP contribution in [0.3, 0.4) is 0 Å². The molecule has 1 amide bonds. The van der Waals surface area contributed by atoms with E-state index in [9.17, 15) is 14.0 Å². The SMILES string of the molecule is Cc1cc(C(=O)N2CCCN(CC(=O)O)CC2)ccc1F. The molecule has 0 bridgehead atoms. The fraction of sp³-hybridized carbons (Fsp3) is 0.467. The Morgan fingerprint density at radius 1 is 1.24 bits per heavy atom. The van der Waals surface area contributed by atoms with Crippen molar-refractivity contribution in [1.82, 2.24) is 9.80 Å². The Kier molecular flexibility index (Phi) is 4.90. The van der Waals surface area contributed by atoms with Gasteiger partial charge in [0.15, 0.2) is 0 Å². The topological polar surface area (TPSA) is 60.9 Å². The number of halogens is 1. The molecule has 0 saturated carbocycles. The average molecular weight is 294 g/mol. The van der Waals surface area contributed by atoms with Crippen molar-refractivity contribution in [2.75, 3.05) is 32.7 Å². The number of aliphatic carboxylic acids is 1. The van der Waals surface area contributed by atoms with E-state index in [0.717, 1.165) is 6.42 Å². The second-order valence-corrected chi connectivity index (χ2v) is 5.28. The maximum absolute atomic E-state index is 13.3. The summed E-state index contributed by atoms with van der Waals surface area (Å²) in [6.45, 7) is 3.91. The van der Waals surface area contributed by atoms with E-state index in [1.165, 1.54) is 12.1 Å². The van der Waals surface area contributed by atoms with E-state index in [4.69, 9.17) is 5.11 Å². The molecule has 1 N–H and O–H groups in total. The molecule has 0 unspecified atom stereocenters. The molecule has 1 fully saturated rings. The number of benzene rings is 1. The van der Waals surface area contributed by atoms with Crippen molar-refractivity contribution >= 4 is 11.9 Å². The first-order valence-corrected chi connectivity index (χ1v) is 6.97. The van der Waals surface area contributed by atoms with E-state index in [1.54, 1.807) is 17.9 Å². The summed E-state index contributed by atoms with van der Waals surface area (Å²) in [7, 11) is 0. The van der Waals surface area contributed by atoms with E-state index in [-0.39, 0.29) is 18.3 Å². The summed E-state index contributed by atoms with van der Waals surface area (Å²) >= 11 is 0. The lowest BCUT2D eigenvalue weighted by molar-refractivity contribution is -0.138. The third kappa shape index (κ3) is 4.01. The number of rotatable bonds is 3. The van der Waals surface area contributed by atoms with E-state index in [2.05, 4.69) is 0 Å². The van der Waals surface area contributed by atoms with Gasteiger partial charge < -0.3 is 10.0 Å². The number of amides is 1. The minimum atomic E-state index is -0.857. The second-order valence-electron chi connectivity index (χ2n) is 5.28. The number of carbonyl (C=O) groups is 2. The van der Waals surface area contributed by atoms with Gasteiger partial charge in [-0.3, -0.25) is 14.5 Å². The van der Waals surface area contributed by atoms with E-state index in [1.807, 2.05) is 4.90 Å². The van der Waals surface area contributed by atoms with Gasteiger partial charge in [-0.15, -0.1) is 0 Å². The third-order valence-electron chi connectivity index (χ3n) is 3.64. The van der Waals surface area contributed by atoms with Crippen LogP contribution in [0.15, 0.2) is 18.2 Å². The smallest absolute Gasteiger partial charge is 0.317 e. The maximum atomic E-state index is 13.3. The second kappa shape index (κ2) is 6.67. The molecule has 2 rings (SSSR count). The van der Waals surface area contributed by atoms with Gasteiger partial charge in [-0.1, -0.05) is 0 Å². The summed E-state index contributed by atoms with van der Waals surface area (Å²) in [4.78, 5) is 26.7. The van der Waals surface area contributed by atoms with Gasteiger partial charge in [-0.05, 0) is 37.1 Å². The third-order valence-corrected chi connectivity index (χ3v) is 3.64. The Labute approximate surface area is 123 Å². The molecule has 5 nitrogen and oxygen atoms in total. The Bertz CT molecular complexity index is 548. The standard InChI is InChI=1S/C15H19FN2O3/c1-11-9-12(3-4-13(11)16)15(21)18-6-2-5-17(7-8-18)10-14(19)20/h3-4,9H,2,5-8,10H2,1H3,(H,19,20). The lowest BCUT2D eigenvalue weighted by Crippen LogP contribution is -2.36. The number of hydrogen-bond acceptors (Lipinski definition) is 3. The molecule has 1 heterocycles. The molecular formula is C15H19FN2O3. The molecule has 0 aliphatic carbocycles. The molecule has 6 heteroatoms. The molecule has 1 aliphatic heterocycles. The highest BCUT2D eigenvalue weighted by Crippen LogP contribution is 2.13. The molecular weight excluding hydrogens is 275 g/mol. The van der Waals surface area contributed by atoms with Gasteiger partial charge in [0, 0.05) is 31.7 Å². The largest absolute Gasteiger partial charge is 0.480 e.